The Balaban J connectivity index is 0.00000441. The lowest BCUT2D eigenvalue weighted by molar-refractivity contribution is -0.143. The number of methoxy groups -OCH3 is 1. The van der Waals surface area contributed by atoms with Crippen molar-refractivity contribution in [3.8, 4) is 5.75 Å². The highest BCUT2D eigenvalue weighted by atomic mass is 35.5. The lowest BCUT2D eigenvalue weighted by Gasteiger charge is -2.22. The molecule has 3 nitrogen and oxygen atoms in total. The summed E-state index contributed by atoms with van der Waals surface area (Å²) >= 11 is 0. The van der Waals surface area contributed by atoms with Gasteiger partial charge in [-0.05, 0) is 25.1 Å². The maximum Gasteiger partial charge on any atom is 0.416 e. The second kappa shape index (κ2) is 7.38. The van der Waals surface area contributed by atoms with E-state index in [1.54, 1.807) is 0 Å². The Morgan fingerprint density at radius 3 is 2.00 bits per heavy atom. The summed E-state index contributed by atoms with van der Waals surface area (Å²) in [7, 11) is 0.980. The van der Waals surface area contributed by atoms with E-state index in [0.29, 0.717) is 6.07 Å². The number of rotatable bonds is 4. The van der Waals surface area contributed by atoms with E-state index >= 15 is 0 Å². The molecule has 0 saturated carbocycles. The van der Waals surface area contributed by atoms with E-state index in [9.17, 15) is 26.3 Å². The van der Waals surface area contributed by atoms with Crippen molar-refractivity contribution in [3.05, 3.63) is 28.8 Å². The van der Waals surface area contributed by atoms with Crippen molar-refractivity contribution < 1.29 is 31.1 Å². The van der Waals surface area contributed by atoms with E-state index in [1.165, 1.54) is 0 Å². The van der Waals surface area contributed by atoms with Gasteiger partial charge in [-0.25, -0.2) is 0 Å². The fourth-order valence-electron chi connectivity index (χ4n) is 1.90. The van der Waals surface area contributed by atoms with E-state index in [-0.39, 0.29) is 31.4 Å². The number of hydrogen-bond acceptors (Lipinski definition) is 3. The van der Waals surface area contributed by atoms with Crippen LogP contribution >= 0.6 is 12.4 Å². The molecule has 0 bridgehead atoms. The summed E-state index contributed by atoms with van der Waals surface area (Å²) in [6.45, 7) is -0.0113. The molecule has 1 aromatic rings. The first kappa shape index (κ1) is 20.8. The van der Waals surface area contributed by atoms with Gasteiger partial charge in [0, 0.05) is 11.6 Å². The van der Waals surface area contributed by atoms with Crippen LogP contribution in [0.2, 0.25) is 0 Å². The Labute approximate surface area is 129 Å². The van der Waals surface area contributed by atoms with Crippen molar-refractivity contribution in [2.24, 2.45) is 11.5 Å². The molecule has 1 rings (SSSR count). The quantitative estimate of drug-likeness (QED) is 0.815. The Hall–Kier alpha value is -1.19. The molecule has 10 heteroatoms. The van der Waals surface area contributed by atoms with Crippen LogP contribution in [-0.2, 0) is 12.4 Å². The number of nitrogens with two attached hydrogens (primary N) is 2. The predicted molar refractivity (Wildman–Crippen MR) is 70.8 cm³/mol. The molecule has 0 aliphatic carbocycles. The highest BCUT2D eigenvalue weighted by molar-refractivity contribution is 5.85. The van der Waals surface area contributed by atoms with E-state index < -0.39 is 40.8 Å². The molecule has 0 aliphatic heterocycles. The van der Waals surface area contributed by atoms with Gasteiger partial charge in [-0.15, -0.1) is 12.4 Å². The SMILES string of the molecule is COc1cc(C(F)(F)F)cc(C(F)(F)F)c1[C@@H](N)CCN.Cl. The van der Waals surface area contributed by atoms with E-state index in [1.807, 2.05) is 0 Å². The zero-order valence-electron chi connectivity index (χ0n) is 11.4. The number of alkyl halides is 6. The lowest BCUT2D eigenvalue weighted by atomic mass is 9.94. The predicted octanol–water partition coefficient (Wildman–Crippen LogP) is 3.50. The summed E-state index contributed by atoms with van der Waals surface area (Å²) in [4.78, 5) is 0. The van der Waals surface area contributed by atoms with Gasteiger partial charge in [0.25, 0.3) is 0 Å². The summed E-state index contributed by atoms with van der Waals surface area (Å²) in [5.74, 6) is -0.557. The number of ether oxygens (including phenoxy) is 1. The van der Waals surface area contributed by atoms with E-state index in [0.717, 1.165) is 7.11 Å². The van der Waals surface area contributed by atoms with Crippen LogP contribution < -0.4 is 16.2 Å². The topological polar surface area (TPSA) is 61.3 Å². The Morgan fingerprint density at radius 1 is 1.09 bits per heavy atom. The van der Waals surface area contributed by atoms with Crippen molar-refractivity contribution in [1.29, 1.82) is 0 Å². The fourth-order valence-corrected chi connectivity index (χ4v) is 1.90. The number of halogens is 7. The minimum Gasteiger partial charge on any atom is -0.496 e. The summed E-state index contributed by atoms with van der Waals surface area (Å²) < 4.78 is 81.8. The standard InChI is InChI=1S/C12H14F6N2O.ClH/c1-21-9-5-6(11(13,14)15)4-7(12(16,17)18)10(9)8(20)2-3-19;/h4-5,8H,2-3,19-20H2,1H3;1H/t8-;/m0./s1. The van der Waals surface area contributed by atoms with E-state index in [4.69, 9.17) is 11.5 Å². The van der Waals surface area contributed by atoms with Crippen molar-refractivity contribution in [3.63, 3.8) is 0 Å². The minimum absolute atomic E-state index is 0. The highest BCUT2D eigenvalue weighted by Crippen LogP contribution is 2.43. The molecule has 4 N–H and O–H groups in total. The lowest BCUT2D eigenvalue weighted by Crippen LogP contribution is -2.22. The molecule has 0 saturated heterocycles. The zero-order valence-corrected chi connectivity index (χ0v) is 12.2. The smallest absolute Gasteiger partial charge is 0.416 e. The van der Waals surface area contributed by atoms with Crippen molar-refractivity contribution >= 4 is 12.4 Å². The highest BCUT2D eigenvalue weighted by Gasteiger charge is 2.40. The molecule has 0 radical (unpaired) electrons. The third kappa shape index (κ3) is 4.65. The first-order chi connectivity index (χ1) is 9.52. The van der Waals surface area contributed by atoms with Gasteiger partial charge in [0.15, 0.2) is 0 Å². The molecule has 0 aliphatic rings. The minimum atomic E-state index is -4.99. The van der Waals surface area contributed by atoms with Crippen LogP contribution in [-0.4, -0.2) is 13.7 Å². The molecular formula is C12H15ClF6N2O. The second-order valence-electron chi connectivity index (χ2n) is 4.32. The molecule has 0 aromatic heterocycles. The molecule has 1 aromatic carbocycles. The third-order valence-corrected chi connectivity index (χ3v) is 2.84. The second-order valence-corrected chi connectivity index (χ2v) is 4.32. The van der Waals surface area contributed by atoms with Crippen LogP contribution in [0.25, 0.3) is 0 Å². The Morgan fingerprint density at radius 2 is 1.64 bits per heavy atom. The molecule has 128 valence electrons. The van der Waals surface area contributed by atoms with Crippen LogP contribution in [0.3, 0.4) is 0 Å². The summed E-state index contributed by atoms with van der Waals surface area (Å²) in [6.07, 6.45) is -9.94. The fraction of sp³-hybridized carbons (Fsp3) is 0.500. The van der Waals surface area contributed by atoms with Gasteiger partial charge >= 0.3 is 12.4 Å². The van der Waals surface area contributed by atoms with Gasteiger partial charge in [0.1, 0.15) is 5.75 Å². The molecule has 22 heavy (non-hydrogen) atoms. The molecular weight excluding hydrogens is 338 g/mol. The summed E-state index contributed by atoms with van der Waals surface area (Å²) in [6, 6.07) is -0.640. The van der Waals surface area contributed by atoms with Crippen LogP contribution in [0.4, 0.5) is 26.3 Å². The average molecular weight is 353 g/mol. The van der Waals surface area contributed by atoms with Gasteiger partial charge in [-0.1, -0.05) is 0 Å². The van der Waals surface area contributed by atoms with Crippen molar-refractivity contribution in [1.82, 2.24) is 0 Å². The normalized spacial score (nSPS) is 13.5. The molecule has 0 unspecified atom stereocenters. The monoisotopic (exact) mass is 352 g/mol. The summed E-state index contributed by atoms with van der Waals surface area (Å²) in [5, 5.41) is 0. The van der Waals surface area contributed by atoms with Crippen LogP contribution in [0, 0.1) is 0 Å². The van der Waals surface area contributed by atoms with Crippen LogP contribution in [0.1, 0.15) is 29.2 Å². The van der Waals surface area contributed by atoms with Crippen molar-refractivity contribution in [2.45, 2.75) is 24.8 Å². The number of benzene rings is 1. The zero-order chi connectivity index (χ0) is 16.4. The first-order valence-corrected chi connectivity index (χ1v) is 5.84. The largest absolute Gasteiger partial charge is 0.496 e. The Kier molecular flexibility index (Phi) is 6.98. The first-order valence-electron chi connectivity index (χ1n) is 5.84. The van der Waals surface area contributed by atoms with Gasteiger partial charge in [0.05, 0.1) is 18.2 Å². The number of hydrogen-bond donors (Lipinski definition) is 2. The maximum atomic E-state index is 13.0. The van der Waals surface area contributed by atoms with Gasteiger partial charge in [-0.3, -0.25) is 0 Å². The Bertz CT molecular complexity index is 504. The van der Waals surface area contributed by atoms with Crippen LogP contribution in [0.5, 0.6) is 5.75 Å². The molecule has 0 spiro atoms. The van der Waals surface area contributed by atoms with Crippen molar-refractivity contribution in [2.75, 3.05) is 13.7 Å². The molecule has 0 fully saturated rings. The molecule has 0 heterocycles. The van der Waals surface area contributed by atoms with Gasteiger partial charge in [0.2, 0.25) is 0 Å². The third-order valence-electron chi connectivity index (χ3n) is 2.84. The summed E-state index contributed by atoms with van der Waals surface area (Å²) in [5.41, 5.74) is 7.40. The molecule has 0 amide bonds. The van der Waals surface area contributed by atoms with Gasteiger partial charge < -0.3 is 16.2 Å². The van der Waals surface area contributed by atoms with Gasteiger partial charge in [-0.2, -0.15) is 26.3 Å². The molecule has 1 atom stereocenters. The maximum absolute atomic E-state index is 13.0. The van der Waals surface area contributed by atoms with E-state index in [2.05, 4.69) is 4.74 Å². The average Bonchev–Trinajstić information content (AvgIpc) is 2.35. The van der Waals surface area contributed by atoms with Crippen LogP contribution in [0.15, 0.2) is 12.1 Å².